The number of aliphatic imine (C=N–C) groups is 1. The average Bonchev–Trinajstić information content (AvgIpc) is 3.05. The number of carbonyl (C=O) groups is 2. The van der Waals surface area contributed by atoms with Crippen LogP contribution in [0.1, 0.15) is 11.3 Å². The van der Waals surface area contributed by atoms with E-state index in [0.29, 0.717) is 22.2 Å². The molecule has 0 bridgehead atoms. The lowest BCUT2D eigenvalue weighted by Gasteiger charge is -2.16. The Kier molecular flexibility index (Phi) is 6.38. The molecule has 8 heteroatoms. The van der Waals surface area contributed by atoms with Crippen molar-refractivity contribution in [2.75, 3.05) is 6.54 Å². The van der Waals surface area contributed by atoms with Crippen LogP contribution in [0.5, 0.6) is 0 Å². The van der Waals surface area contributed by atoms with Gasteiger partial charge in [-0.15, -0.1) is 0 Å². The van der Waals surface area contributed by atoms with Crippen molar-refractivity contribution in [2.24, 2.45) is 4.99 Å². The highest BCUT2D eigenvalue weighted by atomic mass is 35.5. The van der Waals surface area contributed by atoms with Crippen molar-refractivity contribution >= 4 is 40.9 Å². The van der Waals surface area contributed by atoms with Crippen LogP contribution in [0.2, 0.25) is 10.0 Å². The van der Waals surface area contributed by atoms with Crippen molar-refractivity contribution in [2.45, 2.75) is 6.54 Å². The third kappa shape index (κ3) is 5.20. The molecule has 1 aromatic heterocycles. The van der Waals surface area contributed by atoms with E-state index < -0.39 is 11.9 Å². The van der Waals surface area contributed by atoms with E-state index in [-0.39, 0.29) is 0 Å². The number of hydrogen-bond acceptors (Lipinski definition) is 3. The molecule has 0 radical (unpaired) electrons. The van der Waals surface area contributed by atoms with Crippen LogP contribution in [0.25, 0.3) is 0 Å². The fourth-order valence-corrected chi connectivity index (χ4v) is 2.50. The maximum absolute atomic E-state index is 9.55. The van der Waals surface area contributed by atoms with Crippen LogP contribution in [0.3, 0.4) is 0 Å². The summed E-state index contributed by atoms with van der Waals surface area (Å²) in [6, 6.07) is 9.74. The van der Waals surface area contributed by atoms with E-state index in [9.17, 15) is 9.59 Å². The number of carboxylic acids is 2. The maximum Gasteiger partial charge on any atom is 0.328 e. The minimum Gasteiger partial charge on any atom is -0.478 e. The van der Waals surface area contributed by atoms with Gasteiger partial charge in [0.2, 0.25) is 0 Å². The Balaban J connectivity index is 0.000000242. The van der Waals surface area contributed by atoms with Gasteiger partial charge in [-0.2, -0.15) is 0 Å². The monoisotopic (exact) mass is 380 g/mol. The van der Waals surface area contributed by atoms with Gasteiger partial charge in [0, 0.05) is 30.5 Å². The molecule has 130 valence electrons. The van der Waals surface area contributed by atoms with Gasteiger partial charge in [0.05, 0.1) is 28.0 Å². The fourth-order valence-electron chi connectivity index (χ4n) is 2.20. The molecule has 0 aliphatic carbocycles. The molecule has 25 heavy (non-hydrogen) atoms. The molecule has 2 aromatic rings. The number of fused-ring (bicyclic) bond motifs is 1. The zero-order valence-electron chi connectivity index (χ0n) is 12.9. The second-order valence-corrected chi connectivity index (χ2v) is 5.77. The smallest absolute Gasteiger partial charge is 0.328 e. The van der Waals surface area contributed by atoms with Crippen LogP contribution in [0, 0.1) is 0 Å². The number of carboxylic acid groups (broad SMARTS) is 2. The molecule has 1 aliphatic rings. The highest BCUT2D eigenvalue weighted by Crippen LogP contribution is 2.25. The van der Waals surface area contributed by atoms with Crippen molar-refractivity contribution in [3.63, 3.8) is 0 Å². The zero-order chi connectivity index (χ0) is 18.4. The maximum atomic E-state index is 9.55. The summed E-state index contributed by atoms with van der Waals surface area (Å²) in [6.07, 6.45) is 3.19. The quantitative estimate of drug-likeness (QED) is 0.798. The molecule has 0 fully saturated rings. The van der Waals surface area contributed by atoms with Gasteiger partial charge < -0.3 is 14.8 Å². The third-order valence-corrected chi connectivity index (χ3v) is 3.98. The molecule has 0 spiro atoms. The van der Waals surface area contributed by atoms with Gasteiger partial charge >= 0.3 is 11.9 Å². The lowest BCUT2D eigenvalue weighted by molar-refractivity contribution is -0.134. The molecule has 0 atom stereocenters. The van der Waals surface area contributed by atoms with Gasteiger partial charge in [-0.3, -0.25) is 4.99 Å². The number of nitrogens with zero attached hydrogens (tertiary/aromatic N) is 2. The first kappa shape index (κ1) is 18.8. The summed E-state index contributed by atoms with van der Waals surface area (Å²) in [5, 5.41) is 16.8. The topological polar surface area (TPSA) is 91.9 Å². The van der Waals surface area contributed by atoms with Crippen LogP contribution in [-0.4, -0.2) is 39.0 Å². The first-order valence-electron chi connectivity index (χ1n) is 7.18. The first-order chi connectivity index (χ1) is 11.9. The Morgan fingerprint density at radius 3 is 2.36 bits per heavy atom. The fraction of sp³-hybridized carbons (Fsp3) is 0.118. The highest BCUT2D eigenvalue weighted by Gasteiger charge is 2.15. The van der Waals surface area contributed by atoms with Gasteiger partial charge in [-0.25, -0.2) is 9.59 Å². The van der Waals surface area contributed by atoms with E-state index in [1.807, 2.05) is 24.3 Å². The van der Waals surface area contributed by atoms with E-state index in [4.69, 9.17) is 33.4 Å². The average molecular weight is 381 g/mol. The molecule has 1 aromatic carbocycles. The van der Waals surface area contributed by atoms with Crippen molar-refractivity contribution in [1.29, 1.82) is 0 Å². The Morgan fingerprint density at radius 1 is 1.08 bits per heavy atom. The Bertz CT molecular complexity index is 840. The SMILES string of the molecule is Clc1ccc(C2=NCCn3cccc32)cc1Cl.O=C(O)/C=C\C(=O)O. The van der Waals surface area contributed by atoms with Crippen LogP contribution >= 0.6 is 23.2 Å². The largest absolute Gasteiger partial charge is 0.478 e. The number of hydrogen-bond donors (Lipinski definition) is 2. The normalized spacial score (nSPS) is 12.8. The summed E-state index contributed by atoms with van der Waals surface area (Å²) in [4.78, 5) is 23.7. The number of aromatic nitrogens is 1. The first-order valence-corrected chi connectivity index (χ1v) is 7.93. The lowest BCUT2D eigenvalue weighted by atomic mass is 10.1. The molecule has 3 rings (SSSR count). The molecule has 2 heterocycles. The van der Waals surface area contributed by atoms with Gasteiger partial charge in [-0.1, -0.05) is 29.3 Å². The van der Waals surface area contributed by atoms with Gasteiger partial charge in [0.1, 0.15) is 0 Å². The van der Waals surface area contributed by atoms with Crippen LogP contribution < -0.4 is 0 Å². The second-order valence-electron chi connectivity index (χ2n) is 4.96. The van der Waals surface area contributed by atoms with E-state index in [1.54, 1.807) is 0 Å². The second kappa shape index (κ2) is 8.50. The zero-order valence-corrected chi connectivity index (χ0v) is 14.4. The number of rotatable bonds is 3. The molecule has 6 nitrogen and oxygen atoms in total. The Morgan fingerprint density at radius 2 is 1.76 bits per heavy atom. The summed E-state index contributed by atoms with van der Waals surface area (Å²) >= 11 is 12.0. The van der Waals surface area contributed by atoms with Crippen LogP contribution in [0.15, 0.2) is 53.7 Å². The van der Waals surface area contributed by atoms with Gasteiger partial charge in [0.25, 0.3) is 0 Å². The minimum atomic E-state index is -1.26. The summed E-state index contributed by atoms with van der Waals surface area (Å²) < 4.78 is 2.20. The number of aliphatic carboxylic acids is 2. The molecular formula is C17H14Cl2N2O4. The van der Waals surface area contributed by atoms with E-state index >= 15 is 0 Å². The Labute approximate surface area is 153 Å². The standard InChI is InChI=1S/C13H10Cl2N2.C4H4O4/c14-10-4-3-9(8-11(10)15)13-12-2-1-6-17(12)7-5-16-13;5-3(6)1-2-4(7)8/h1-4,6,8H,5,7H2;1-2H,(H,5,6)(H,7,8)/b;2-1-. The predicted molar refractivity (Wildman–Crippen MR) is 95.8 cm³/mol. The van der Waals surface area contributed by atoms with E-state index in [0.717, 1.165) is 30.1 Å². The Hall–Kier alpha value is -2.57. The number of benzene rings is 1. The minimum absolute atomic E-state index is 0.558. The molecule has 0 unspecified atom stereocenters. The lowest BCUT2D eigenvalue weighted by Crippen LogP contribution is -2.18. The molecule has 0 saturated heterocycles. The van der Waals surface area contributed by atoms with Gasteiger partial charge in [-0.05, 0) is 24.3 Å². The summed E-state index contributed by atoms with van der Waals surface area (Å²) in [7, 11) is 0. The third-order valence-electron chi connectivity index (χ3n) is 3.24. The molecule has 0 amide bonds. The van der Waals surface area contributed by atoms with Crippen molar-refractivity contribution in [1.82, 2.24) is 4.57 Å². The van der Waals surface area contributed by atoms with Crippen LogP contribution in [0.4, 0.5) is 0 Å². The summed E-state index contributed by atoms with van der Waals surface area (Å²) in [5.41, 5.74) is 3.13. The summed E-state index contributed by atoms with van der Waals surface area (Å²) in [5.74, 6) is -2.51. The van der Waals surface area contributed by atoms with Crippen molar-refractivity contribution in [3.05, 3.63) is 70.0 Å². The predicted octanol–water partition coefficient (Wildman–Crippen LogP) is 3.36. The van der Waals surface area contributed by atoms with Gasteiger partial charge in [0.15, 0.2) is 0 Å². The molecular weight excluding hydrogens is 367 g/mol. The summed E-state index contributed by atoms with van der Waals surface area (Å²) in [6.45, 7) is 1.74. The molecule has 1 aliphatic heterocycles. The van der Waals surface area contributed by atoms with E-state index in [1.165, 1.54) is 0 Å². The van der Waals surface area contributed by atoms with Crippen molar-refractivity contribution in [3.8, 4) is 0 Å². The van der Waals surface area contributed by atoms with E-state index in [2.05, 4.69) is 21.8 Å². The van der Waals surface area contributed by atoms with Crippen molar-refractivity contribution < 1.29 is 19.8 Å². The molecule has 0 saturated carbocycles. The highest BCUT2D eigenvalue weighted by molar-refractivity contribution is 6.42. The van der Waals surface area contributed by atoms with Crippen LogP contribution in [-0.2, 0) is 16.1 Å². The molecule has 2 N–H and O–H groups in total. The number of halogens is 2.